The van der Waals surface area contributed by atoms with Gasteiger partial charge in [0.2, 0.25) is 0 Å². The summed E-state index contributed by atoms with van der Waals surface area (Å²) in [6.45, 7) is 0.293. The number of aromatic nitrogens is 2. The van der Waals surface area contributed by atoms with Gasteiger partial charge in [-0.3, -0.25) is 9.48 Å². The molecule has 0 fully saturated rings. The number of carbonyl (C=O) groups excluding carboxylic acids is 1. The van der Waals surface area contributed by atoms with Crippen LogP contribution < -0.4 is 10.1 Å². The Morgan fingerprint density at radius 3 is 2.58 bits per heavy atom. The van der Waals surface area contributed by atoms with Gasteiger partial charge >= 0.3 is 6.36 Å². The molecule has 3 rings (SSSR count). The Balaban J connectivity index is 1.65. The summed E-state index contributed by atoms with van der Waals surface area (Å²) in [7, 11) is 0. The van der Waals surface area contributed by atoms with Crippen LogP contribution in [-0.4, -0.2) is 28.6 Å². The van der Waals surface area contributed by atoms with Crippen molar-refractivity contribution >= 4 is 17.2 Å². The van der Waals surface area contributed by atoms with Crippen LogP contribution in [0.25, 0.3) is 0 Å². The maximum absolute atomic E-state index is 12.3. The molecule has 0 saturated heterocycles. The van der Waals surface area contributed by atoms with Crippen LogP contribution in [0.1, 0.15) is 21.3 Å². The van der Waals surface area contributed by atoms with E-state index in [-0.39, 0.29) is 17.4 Å². The number of ether oxygens (including phenoxy) is 1. The van der Waals surface area contributed by atoms with Gasteiger partial charge in [0.05, 0.1) is 0 Å². The van der Waals surface area contributed by atoms with Gasteiger partial charge in [-0.25, -0.2) is 0 Å². The van der Waals surface area contributed by atoms with Gasteiger partial charge in [0.15, 0.2) is 0 Å². The van der Waals surface area contributed by atoms with Gasteiger partial charge in [-0.2, -0.15) is 5.10 Å². The molecule has 9 heteroatoms. The summed E-state index contributed by atoms with van der Waals surface area (Å²) in [6.07, 6.45) is -1.30. The minimum atomic E-state index is -4.76. The molecule has 136 valence electrons. The number of thiophene rings is 1. The summed E-state index contributed by atoms with van der Waals surface area (Å²) in [5, 5.41) is 8.94. The fourth-order valence-corrected chi connectivity index (χ4v) is 3.19. The maximum atomic E-state index is 12.3. The zero-order chi connectivity index (χ0) is 18.6. The fourth-order valence-electron chi connectivity index (χ4n) is 2.37. The predicted octanol–water partition coefficient (Wildman–Crippen LogP) is 3.86. The first-order valence-corrected chi connectivity index (χ1v) is 8.47. The topological polar surface area (TPSA) is 56.2 Å². The second-order valence-electron chi connectivity index (χ2n) is 5.30. The number of halogens is 3. The van der Waals surface area contributed by atoms with Gasteiger partial charge in [-0.15, -0.1) is 24.5 Å². The molecule has 0 spiro atoms. The number of nitrogens with zero attached hydrogens (tertiary/aromatic N) is 2. The molecule has 3 aromatic rings. The van der Waals surface area contributed by atoms with Crippen LogP contribution in [0, 0.1) is 0 Å². The van der Waals surface area contributed by atoms with Crippen molar-refractivity contribution in [2.24, 2.45) is 0 Å². The Hall–Kier alpha value is -2.81. The Bertz CT molecular complexity index is 797. The van der Waals surface area contributed by atoms with Gasteiger partial charge < -0.3 is 10.1 Å². The van der Waals surface area contributed by atoms with E-state index in [4.69, 9.17) is 0 Å². The monoisotopic (exact) mass is 381 g/mol. The van der Waals surface area contributed by atoms with E-state index in [1.807, 2.05) is 17.5 Å². The third-order valence-electron chi connectivity index (χ3n) is 3.52. The fraction of sp³-hybridized carbons (Fsp3) is 0.176. The molecule has 26 heavy (non-hydrogen) atoms. The van der Waals surface area contributed by atoms with Crippen LogP contribution in [0.2, 0.25) is 0 Å². The zero-order valence-corrected chi connectivity index (χ0v) is 14.1. The highest BCUT2D eigenvalue weighted by Gasteiger charge is 2.31. The van der Waals surface area contributed by atoms with Gasteiger partial charge in [0.25, 0.3) is 5.91 Å². The lowest BCUT2D eigenvalue weighted by Gasteiger charge is -2.17. The lowest BCUT2D eigenvalue weighted by atomic mass is 10.2. The second kappa shape index (κ2) is 7.61. The Labute approximate surface area is 151 Å². The molecule has 0 aliphatic rings. The summed E-state index contributed by atoms with van der Waals surface area (Å²) in [4.78, 5) is 13.3. The number of alkyl halides is 3. The summed E-state index contributed by atoms with van der Waals surface area (Å²) < 4.78 is 42.0. The van der Waals surface area contributed by atoms with Gasteiger partial charge in [-0.1, -0.05) is 6.07 Å². The molecule has 0 radical (unpaired) electrons. The van der Waals surface area contributed by atoms with Crippen molar-refractivity contribution in [2.75, 3.05) is 6.54 Å². The minimum absolute atomic E-state index is 0.165. The van der Waals surface area contributed by atoms with Gasteiger partial charge in [0.1, 0.15) is 11.8 Å². The Morgan fingerprint density at radius 2 is 2.00 bits per heavy atom. The molecule has 2 aromatic heterocycles. The highest BCUT2D eigenvalue weighted by Crippen LogP contribution is 2.24. The van der Waals surface area contributed by atoms with Gasteiger partial charge in [0, 0.05) is 29.4 Å². The predicted molar refractivity (Wildman–Crippen MR) is 90.1 cm³/mol. The largest absolute Gasteiger partial charge is 0.573 e. The molecule has 2 heterocycles. The summed E-state index contributed by atoms with van der Waals surface area (Å²) in [5.74, 6) is -0.765. The van der Waals surface area contributed by atoms with Crippen LogP contribution in [0.3, 0.4) is 0 Å². The van der Waals surface area contributed by atoms with E-state index in [0.29, 0.717) is 6.54 Å². The van der Waals surface area contributed by atoms with E-state index in [0.717, 1.165) is 17.0 Å². The first-order chi connectivity index (χ1) is 12.4. The van der Waals surface area contributed by atoms with Crippen molar-refractivity contribution in [1.82, 2.24) is 15.1 Å². The summed E-state index contributed by atoms with van der Waals surface area (Å²) in [5.41, 5.74) is 0.241. The number of hydrogen-bond acceptors (Lipinski definition) is 4. The van der Waals surface area contributed by atoms with Crippen LogP contribution in [0.4, 0.5) is 13.2 Å². The van der Waals surface area contributed by atoms with Gasteiger partial charge in [-0.05, 0) is 41.8 Å². The normalized spacial score (nSPS) is 12.6. The number of amides is 1. The van der Waals surface area contributed by atoms with E-state index in [9.17, 15) is 18.0 Å². The smallest absolute Gasteiger partial charge is 0.406 e. The molecular weight excluding hydrogens is 367 g/mol. The number of carbonyl (C=O) groups is 1. The third kappa shape index (κ3) is 4.63. The number of nitrogens with one attached hydrogen (secondary N) is 1. The molecule has 0 aliphatic carbocycles. The van der Waals surface area contributed by atoms with E-state index in [2.05, 4.69) is 15.2 Å². The molecule has 0 saturated carbocycles. The molecule has 5 nitrogen and oxygen atoms in total. The molecule has 1 atom stereocenters. The standard InChI is InChI=1S/C17H14F3N3O2S/c18-17(19,20)25-13-6-4-12(5-7-13)16(24)21-11-14(15-3-1-10-26-15)23-9-2-8-22-23/h1-10,14H,11H2,(H,21,24). The lowest BCUT2D eigenvalue weighted by molar-refractivity contribution is -0.274. The van der Waals surface area contributed by atoms with Crippen molar-refractivity contribution in [3.63, 3.8) is 0 Å². The van der Waals surface area contributed by atoms with Crippen molar-refractivity contribution in [3.05, 3.63) is 70.7 Å². The maximum Gasteiger partial charge on any atom is 0.573 e. The highest BCUT2D eigenvalue weighted by atomic mass is 32.1. The van der Waals surface area contributed by atoms with E-state index in [1.165, 1.54) is 12.1 Å². The average molecular weight is 381 g/mol. The second-order valence-corrected chi connectivity index (χ2v) is 6.28. The number of hydrogen-bond donors (Lipinski definition) is 1. The first-order valence-electron chi connectivity index (χ1n) is 7.59. The highest BCUT2D eigenvalue weighted by molar-refractivity contribution is 7.10. The Morgan fingerprint density at radius 1 is 1.23 bits per heavy atom. The molecule has 1 aromatic carbocycles. The van der Waals surface area contributed by atoms with Crippen molar-refractivity contribution < 1.29 is 22.7 Å². The first kappa shape index (κ1) is 18.0. The average Bonchev–Trinajstić information content (AvgIpc) is 3.28. The third-order valence-corrected chi connectivity index (χ3v) is 4.50. The van der Waals surface area contributed by atoms with E-state index >= 15 is 0 Å². The molecular formula is C17H14F3N3O2S. The number of rotatable bonds is 6. The zero-order valence-electron chi connectivity index (χ0n) is 13.3. The summed E-state index contributed by atoms with van der Waals surface area (Å²) >= 11 is 1.55. The van der Waals surface area contributed by atoms with E-state index in [1.54, 1.807) is 34.5 Å². The summed E-state index contributed by atoms with van der Waals surface area (Å²) in [6, 6.07) is 10.3. The molecule has 1 N–H and O–H groups in total. The molecule has 1 amide bonds. The Kier molecular flexibility index (Phi) is 5.27. The minimum Gasteiger partial charge on any atom is -0.406 e. The molecule has 1 unspecified atom stereocenters. The SMILES string of the molecule is O=C(NCC(c1cccs1)n1cccn1)c1ccc(OC(F)(F)F)cc1. The van der Waals surface area contributed by atoms with Crippen LogP contribution in [-0.2, 0) is 0 Å². The quantitative estimate of drug-likeness (QED) is 0.705. The van der Waals surface area contributed by atoms with Crippen LogP contribution >= 0.6 is 11.3 Å². The number of benzene rings is 1. The van der Waals surface area contributed by atoms with Crippen LogP contribution in [0.5, 0.6) is 5.75 Å². The molecule has 0 aliphatic heterocycles. The van der Waals surface area contributed by atoms with Crippen molar-refractivity contribution in [1.29, 1.82) is 0 Å². The van der Waals surface area contributed by atoms with Crippen molar-refractivity contribution in [2.45, 2.75) is 12.4 Å². The lowest BCUT2D eigenvalue weighted by Crippen LogP contribution is -2.31. The molecule has 0 bridgehead atoms. The van der Waals surface area contributed by atoms with E-state index < -0.39 is 12.3 Å². The van der Waals surface area contributed by atoms with Crippen molar-refractivity contribution in [3.8, 4) is 5.75 Å². The van der Waals surface area contributed by atoms with Crippen LogP contribution in [0.15, 0.2) is 60.2 Å².